The molecule has 0 radical (unpaired) electrons. The second kappa shape index (κ2) is 15.3. The molecule has 2 rings (SSSR count). The standard InChI is InChI=1S/C25H36ClN3O4S.ClH/c1-5-21(29(6-2)18-19-8-10-20(26)11-9-19)17-27-14-15-28-25(30)23-16-22(34(31,32)7-3)12-13-24(23)33-4;/h8-13,16,21,27H,5-7,14-15,17-18H2,1-4H3,(H,28,30);1H. The number of rotatable bonds is 14. The average Bonchev–Trinajstić information content (AvgIpc) is 2.85. The van der Waals surface area contributed by atoms with Crippen molar-refractivity contribution in [1.82, 2.24) is 15.5 Å². The van der Waals surface area contributed by atoms with E-state index >= 15 is 0 Å². The number of likely N-dealkylation sites (N-methyl/N-ethyl adjacent to an activating group) is 1. The van der Waals surface area contributed by atoms with Crippen molar-refractivity contribution < 1.29 is 17.9 Å². The van der Waals surface area contributed by atoms with E-state index in [4.69, 9.17) is 16.3 Å². The predicted molar refractivity (Wildman–Crippen MR) is 145 cm³/mol. The quantitative estimate of drug-likeness (QED) is 0.346. The van der Waals surface area contributed by atoms with E-state index in [1.807, 2.05) is 12.1 Å². The second-order valence-corrected chi connectivity index (χ2v) is 10.7. The van der Waals surface area contributed by atoms with Gasteiger partial charge in [0.1, 0.15) is 5.75 Å². The summed E-state index contributed by atoms with van der Waals surface area (Å²) in [6, 6.07) is 12.6. The fourth-order valence-corrected chi connectivity index (χ4v) is 4.74. The minimum atomic E-state index is -3.42. The lowest BCUT2D eigenvalue weighted by Crippen LogP contribution is -2.43. The van der Waals surface area contributed by atoms with Gasteiger partial charge < -0.3 is 15.4 Å². The summed E-state index contributed by atoms with van der Waals surface area (Å²) in [6.45, 7) is 9.46. The van der Waals surface area contributed by atoms with Gasteiger partial charge in [-0.25, -0.2) is 8.42 Å². The number of carbonyl (C=O) groups is 1. The Kier molecular flexibility index (Phi) is 13.6. The van der Waals surface area contributed by atoms with Crippen molar-refractivity contribution in [3.05, 3.63) is 58.6 Å². The molecule has 0 aliphatic carbocycles. The molecule has 0 aromatic heterocycles. The fourth-order valence-electron chi connectivity index (χ4n) is 3.71. The van der Waals surface area contributed by atoms with E-state index in [0.29, 0.717) is 24.9 Å². The number of nitrogens with zero attached hydrogens (tertiary/aromatic N) is 1. The van der Waals surface area contributed by atoms with Gasteiger partial charge in [-0.05, 0) is 48.9 Å². The van der Waals surface area contributed by atoms with E-state index in [0.717, 1.165) is 31.1 Å². The Hall–Kier alpha value is -1.84. The zero-order valence-electron chi connectivity index (χ0n) is 20.8. The summed E-state index contributed by atoms with van der Waals surface area (Å²) in [6.07, 6.45) is 0.997. The Morgan fingerprint density at radius 2 is 1.77 bits per heavy atom. The van der Waals surface area contributed by atoms with E-state index in [9.17, 15) is 13.2 Å². The van der Waals surface area contributed by atoms with Crippen molar-refractivity contribution in [2.24, 2.45) is 0 Å². The van der Waals surface area contributed by atoms with Crippen LogP contribution in [0.2, 0.25) is 5.02 Å². The number of nitrogens with one attached hydrogen (secondary N) is 2. The highest BCUT2D eigenvalue weighted by Crippen LogP contribution is 2.23. The van der Waals surface area contributed by atoms with Crippen LogP contribution in [0, 0.1) is 0 Å². The van der Waals surface area contributed by atoms with E-state index in [1.54, 1.807) is 6.92 Å². The van der Waals surface area contributed by atoms with Gasteiger partial charge in [0.15, 0.2) is 9.84 Å². The zero-order valence-corrected chi connectivity index (χ0v) is 23.2. The van der Waals surface area contributed by atoms with E-state index < -0.39 is 9.84 Å². The molecule has 0 bridgehead atoms. The summed E-state index contributed by atoms with van der Waals surface area (Å²) in [5.74, 6) is -0.0560. The molecule has 2 aromatic rings. The average molecular weight is 547 g/mol. The van der Waals surface area contributed by atoms with Crippen LogP contribution in [-0.2, 0) is 16.4 Å². The topological polar surface area (TPSA) is 87.7 Å². The van der Waals surface area contributed by atoms with Gasteiger partial charge in [0, 0.05) is 37.2 Å². The smallest absolute Gasteiger partial charge is 0.255 e. The molecule has 0 heterocycles. The molecule has 10 heteroatoms. The lowest BCUT2D eigenvalue weighted by molar-refractivity contribution is 0.0950. The third-order valence-electron chi connectivity index (χ3n) is 5.81. The van der Waals surface area contributed by atoms with Crippen molar-refractivity contribution >= 4 is 39.8 Å². The highest BCUT2D eigenvalue weighted by Gasteiger charge is 2.19. The maximum absolute atomic E-state index is 12.7. The second-order valence-electron chi connectivity index (χ2n) is 7.98. The zero-order chi connectivity index (χ0) is 25.1. The van der Waals surface area contributed by atoms with Crippen LogP contribution in [0.4, 0.5) is 0 Å². The summed E-state index contributed by atoms with van der Waals surface area (Å²) in [4.78, 5) is 15.2. The lowest BCUT2D eigenvalue weighted by atomic mass is 10.1. The number of hydrogen-bond donors (Lipinski definition) is 2. The van der Waals surface area contributed by atoms with Gasteiger partial charge in [0.25, 0.3) is 5.91 Å². The molecule has 35 heavy (non-hydrogen) atoms. The molecular formula is C25H37Cl2N3O4S. The largest absolute Gasteiger partial charge is 0.496 e. The summed E-state index contributed by atoms with van der Waals surface area (Å²) in [5, 5.41) is 7.00. The molecule has 0 spiro atoms. The highest BCUT2D eigenvalue weighted by molar-refractivity contribution is 7.91. The number of carbonyl (C=O) groups excluding carboxylic acids is 1. The van der Waals surface area contributed by atoms with Crippen LogP contribution in [0.1, 0.15) is 43.1 Å². The van der Waals surface area contributed by atoms with Crippen molar-refractivity contribution in [1.29, 1.82) is 0 Å². The van der Waals surface area contributed by atoms with Crippen molar-refractivity contribution in [3.8, 4) is 5.75 Å². The first-order valence-electron chi connectivity index (χ1n) is 11.6. The third kappa shape index (κ3) is 9.28. The molecule has 2 N–H and O–H groups in total. The van der Waals surface area contributed by atoms with Gasteiger partial charge in [-0.2, -0.15) is 0 Å². The van der Waals surface area contributed by atoms with Crippen LogP contribution in [0.25, 0.3) is 0 Å². The first kappa shape index (κ1) is 31.2. The molecule has 7 nitrogen and oxygen atoms in total. The van der Waals surface area contributed by atoms with Gasteiger partial charge in [0.05, 0.1) is 23.3 Å². The SMILES string of the molecule is CCC(CNCCNC(=O)c1cc(S(=O)(=O)CC)ccc1OC)N(CC)Cc1ccc(Cl)cc1.Cl. The Balaban J connectivity index is 0.00000612. The highest BCUT2D eigenvalue weighted by atomic mass is 35.5. The van der Waals surface area contributed by atoms with Crippen LogP contribution in [0.5, 0.6) is 5.75 Å². The fraction of sp³-hybridized carbons (Fsp3) is 0.480. The molecule has 196 valence electrons. The molecule has 1 atom stereocenters. The summed E-state index contributed by atoms with van der Waals surface area (Å²) < 4.78 is 29.6. The molecule has 0 aliphatic rings. The Bertz CT molecular complexity index is 1030. The summed E-state index contributed by atoms with van der Waals surface area (Å²) in [7, 11) is -1.96. The number of hydrogen-bond acceptors (Lipinski definition) is 6. The Morgan fingerprint density at radius 1 is 1.09 bits per heavy atom. The van der Waals surface area contributed by atoms with Crippen molar-refractivity contribution in [2.45, 2.75) is 44.7 Å². The molecular weight excluding hydrogens is 509 g/mol. The minimum Gasteiger partial charge on any atom is -0.496 e. The van der Waals surface area contributed by atoms with E-state index in [1.165, 1.54) is 30.9 Å². The molecule has 0 saturated heterocycles. The number of ether oxygens (including phenoxy) is 1. The van der Waals surface area contributed by atoms with E-state index in [-0.39, 0.29) is 34.5 Å². The summed E-state index contributed by atoms with van der Waals surface area (Å²) >= 11 is 6.00. The first-order chi connectivity index (χ1) is 16.2. The maximum atomic E-state index is 12.7. The summed E-state index contributed by atoms with van der Waals surface area (Å²) in [5.41, 5.74) is 1.43. The molecule has 2 aromatic carbocycles. The van der Waals surface area contributed by atoms with Crippen molar-refractivity contribution in [2.75, 3.05) is 39.0 Å². The van der Waals surface area contributed by atoms with Crippen LogP contribution >= 0.6 is 24.0 Å². The molecule has 0 saturated carbocycles. The number of halogens is 2. The van der Waals surface area contributed by atoms with Crippen LogP contribution < -0.4 is 15.4 Å². The molecule has 0 fully saturated rings. The molecule has 0 aliphatic heterocycles. The van der Waals surface area contributed by atoms with Gasteiger partial charge in [-0.1, -0.05) is 44.5 Å². The van der Waals surface area contributed by atoms with Crippen LogP contribution in [0.3, 0.4) is 0 Å². The van der Waals surface area contributed by atoms with Gasteiger partial charge in [-0.3, -0.25) is 9.69 Å². The third-order valence-corrected chi connectivity index (χ3v) is 7.80. The molecule has 1 amide bonds. The van der Waals surface area contributed by atoms with Gasteiger partial charge in [0.2, 0.25) is 0 Å². The number of amides is 1. The Morgan fingerprint density at radius 3 is 2.34 bits per heavy atom. The van der Waals surface area contributed by atoms with Gasteiger partial charge >= 0.3 is 0 Å². The Labute approximate surface area is 220 Å². The van der Waals surface area contributed by atoms with Gasteiger partial charge in [-0.15, -0.1) is 12.4 Å². The monoisotopic (exact) mass is 545 g/mol. The van der Waals surface area contributed by atoms with Crippen molar-refractivity contribution in [3.63, 3.8) is 0 Å². The maximum Gasteiger partial charge on any atom is 0.255 e. The lowest BCUT2D eigenvalue weighted by Gasteiger charge is -2.30. The first-order valence-corrected chi connectivity index (χ1v) is 13.7. The minimum absolute atomic E-state index is 0. The predicted octanol–water partition coefficient (Wildman–Crippen LogP) is 4.18. The molecule has 1 unspecified atom stereocenters. The number of sulfone groups is 1. The number of methoxy groups -OCH3 is 1. The number of benzene rings is 2. The van der Waals surface area contributed by atoms with Crippen LogP contribution in [0.15, 0.2) is 47.4 Å². The normalized spacial score (nSPS) is 12.2. The van der Waals surface area contributed by atoms with E-state index in [2.05, 4.69) is 41.5 Å². The van der Waals surface area contributed by atoms with Crippen LogP contribution in [-0.4, -0.2) is 64.3 Å².